The first-order valence-corrected chi connectivity index (χ1v) is 13.1. The van der Waals surface area contributed by atoms with Crippen molar-refractivity contribution >= 4 is 51.3 Å². The minimum Gasteiger partial charge on any atom is -0.423 e. The van der Waals surface area contributed by atoms with E-state index in [1.165, 1.54) is 6.33 Å². The number of nitrogens with zero attached hydrogens (tertiary/aromatic N) is 4. The molecule has 38 heavy (non-hydrogen) atoms. The minimum atomic E-state index is 0.278. The van der Waals surface area contributed by atoms with Crippen molar-refractivity contribution < 1.29 is 13.9 Å². The van der Waals surface area contributed by atoms with Gasteiger partial charge in [0.25, 0.3) is 6.01 Å². The Morgan fingerprint density at radius 3 is 2.68 bits per heavy atom. The Morgan fingerprint density at radius 1 is 1.08 bits per heavy atom. The molecule has 0 bridgehead atoms. The zero-order valence-corrected chi connectivity index (χ0v) is 21.8. The highest BCUT2D eigenvalue weighted by Gasteiger charge is 2.26. The number of halogens is 1. The lowest BCUT2D eigenvalue weighted by molar-refractivity contribution is -0.00621. The predicted octanol–water partition coefficient (Wildman–Crippen LogP) is 6.37. The number of nitrogen functional groups attached to an aromatic ring is 1. The molecule has 3 heterocycles. The lowest BCUT2D eigenvalue weighted by Gasteiger charge is -2.29. The molecule has 3 aromatic heterocycles. The van der Waals surface area contributed by atoms with Crippen LogP contribution in [0.15, 0.2) is 59.4 Å². The van der Waals surface area contributed by atoms with E-state index in [1.807, 2.05) is 30.3 Å². The average molecular weight is 533 g/mol. The van der Waals surface area contributed by atoms with Gasteiger partial charge in [0, 0.05) is 35.6 Å². The second-order valence-corrected chi connectivity index (χ2v) is 9.97. The fraction of sp³-hybridized carbons (Fsp3) is 0.321. The molecule has 1 aliphatic carbocycles. The van der Waals surface area contributed by atoms with E-state index < -0.39 is 0 Å². The van der Waals surface area contributed by atoms with E-state index in [0.717, 1.165) is 53.5 Å². The topological polar surface area (TPSA) is 113 Å². The molecule has 5 aromatic rings. The SMILES string of the molecule is COCCOC1CCC(n2cc(-c3ccc(Nc4nc5cc(Cl)ccc5o4)cc3)c3c(N)ncnc32)CC1. The first-order valence-electron chi connectivity index (χ1n) is 12.7. The summed E-state index contributed by atoms with van der Waals surface area (Å²) in [6.45, 7) is 1.26. The van der Waals surface area contributed by atoms with Gasteiger partial charge in [0.2, 0.25) is 0 Å². The quantitative estimate of drug-likeness (QED) is 0.222. The summed E-state index contributed by atoms with van der Waals surface area (Å²) in [4.78, 5) is 13.4. The molecular weight excluding hydrogens is 504 g/mol. The van der Waals surface area contributed by atoms with Crippen LogP contribution in [0.4, 0.5) is 17.5 Å². The van der Waals surface area contributed by atoms with Gasteiger partial charge in [-0.1, -0.05) is 23.7 Å². The number of hydrogen-bond donors (Lipinski definition) is 2. The Labute approximate surface area is 224 Å². The first-order chi connectivity index (χ1) is 18.6. The first kappa shape index (κ1) is 24.7. The third-order valence-corrected chi connectivity index (χ3v) is 7.35. The number of oxazole rings is 1. The Bertz CT molecular complexity index is 1560. The largest absolute Gasteiger partial charge is 0.423 e. The third kappa shape index (κ3) is 4.92. The highest BCUT2D eigenvalue weighted by Crippen LogP contribution is 2.39. The third-order valence-electron chi connectivity index (χ3n) is 7.11. The van der Waals surface area contributed by atoms with E-state index in [1.54, 1.807) is 19.2 Å². The molecule has 0 atom stereocenters. The highest BCUT2D eigenvalue weighted by molar-refractivity contribution is 6.31. The summed E-state index contributed by atoms with van der Waals surface area (Å²) in [5, 5.41) is 4.72. The number of benzene rings is 2. The Hall–Kier alpha value is -3.66. The molecule has 0 amide bonds. The molecule has 9 nitrogen and oxygen atoms in total. The minimum absolute atomic E-state index is 0.278. The Morgan fingerprint density at radius 2 is 1.89 bits per heavy atom. The van der Waals surface area contributed by atoms with Crippen LogP contribution in [-0.4, -0.2) is 45.9 Å². The van der Waals surface area contributed by atoms with Gasteiger partial charge in [-0.2, -0.15) is 4.98 Å². The lowest BCUT2D eigenvalue weighted by Crippen LogP contribution is -2.24. The molecule has 0 unspecified atom stereocenters. The number of methoxy groups -OCH3 is 1. The number of nitrogens with one attached hydrogen (secondary N) is 1. The van der Waals surface area contributed by atoms with Gasteiger partial charge in [-0.25, -0.2) is 9.97 Å². The number of ether oxygens (including phenoxy) is 2. The fourth-order valence-corrected chi connectivity index (χ4v) is 5.37. The van der Waals surface area contributed by atoms with Gasteiger partial charge in [-0.05, 0) is 61.6 Å². The molecule has 0 radical (unpaired) electrons. The molecule has 1 fully saturated rings. The van der Waals surface area contributed by atoms with Crippen LogP contribution in [0.25, 0.3) is 33.3 Å². The number of aromatic nitrogens is 4. The molecule has 0 aliphatic heterocycles. The van der Waals surface area contributed by atoms with E-state index in [-0.39, 0.29) is 6.10 Å². The monoisotopic (exact) mass is 532 g/mol. The lowest BCUT2D eigenvalue weighted by atomic mass is 9.93. The summed E-state index contributed by atoms with van der Waals surface area (Å²) in [6, 6.07) is 14.2. The van der Waals surface area contributed by atoms with Crippen molar-refractivity contribution in [2.45, 2.75) is 37.8 Å². The van der Waals surface area contributed by atoms with Crippen molar-refractivity contribution in [3.8, 4) is 11.1 Å². The van der Waals surface area contributed by atoms with E-state index in [4.69, 9.17) is 31.2 Å². The maximum atomic E-state index is 6.37. The molecule has 6 rings (SSSR count). The smallest absolute Gasteiger partial charge is 0.300 e. The summed E-state index contributed by atoms with van der Waals surface area (Å²) in [7, 11) is 1.70. The van der Waals surface area contributed by atoms with Crippen LogP contribution >= 0.6 is 11.6 Å². The maximum absolute atomic E-state index is 6.37. The molecular formula is C28H29ClN6O3. The van der Waals surface area contributed by atoms with Crippen molar-refractivity contribution in [1.82, 2.24) is 19.5 Å². The maximum Gasteiger partial charge on any atom is 0.300 e. The van der Waals surface area contributed by atoms with Gasteiger partial charge in [0.1, 0.15) is 23.3 Å². The van der Waals surface area contributed by atoms with Gasteiger partial charge in [0.05, 0.1) is 24.7 Å². The normalized spacial score (nSPS) is 17.8. The fourth-order valence-electron chi connectivity index (χ4n) is 5.20. The highest BCUT2D eigenvalue weighted by atomic mass is 35.5. The molecule has 10 heteroatoms. The summed E-state index contributed by atoms with van der Waals surface area (Å²) in [5.41, 5.74) is 11.5. The Balaban J connectivity index is 1.23. The van der Waals surface area contributed by atoms with Crippen molar-refractivity contribution in [3.63, 3.8) is 0 Å². The van der Waals surface area contributed by atoms with Crippen molar-refractivity contribution in [1.29, 1.82) is 0 Å². The zero-order chi connectivity index (χ0) is 26.1. The molecule has 1 aliphatic rings. The Kier molecular flexibility index (Phi) is 6.88. The average Bonchev–Trinajstić information content (AvgIpc) is 3.51. The van der Waals surface area contributed by atoms with Crippen LogP contribution in [0.5, 0.6) is 0 Å². The number of nitrogens with two attached hydrogens (primary N) is 1. The van der Waals surface area contributed by atoms with Gasteiger partial charge in [0.15, 0.2) is 5.58 Å². The van der Waals surface area contributed by atoms with Crippen LogP contribution in [0.3, 0.4) is 0 Å². The van der Waals surface area contributed by atoms with E-state index in [9.17, 15) is 0 Å². The van der Waals surface area contributed by atoms with Crippen LogP contribution in [-0.2, 0) is 9.47 Å². The standard InChI is InChI=1S/C28H29ClN6O3/c1-36-12-13-37-21-9-7-20(8-10-21)35-15-22(25-26(30)31-16-32-27(25)35)17-2-5-19(6-3-17)33-28-34-23-14-18(29)4-11-24(23)38-28/h2-6,11,14-16,20-21H,7-10,12-13H2,1H3,(H,33,34)(H2,30,31,32). The molecule has 0 saturated heterocycles. The molecule has 3 N–H and O–H groups in total. The second-order valence-electron chi connectivity index (χ2n) is 9.54. The number of rotatable bonds is 8. The van der Waals surface area contributed by atoms with Crippen LogP contribution in [0.1, 0.15) is 31.7 Å². The van der Waals surface area contributed by atoms with E-state index in [2.05, 4.69) is 31.0 Å². The number of anilines is 3. The summed E-state index contributed by atoms with van der Waals surface area (Å²) in [6.07, 6.45) is 8.03. The van der Waals surface area contributed by atoms with Gasteiger partial charge in [-0.15, -0.1) is 0 Å². The van der Waals surface area contributed by atoms with Gasteiger partial charge < -0.3 is 29.5 Å². The summed E-state index contributed by atoms with van der Waals surface area (Å²) < 4.78 is 19.1. The van der Waals surface area contributed by atoms with Crippen LogP contribution in [0.2, 0.25) is 5.02 Å². The number of hydrogen-bond acceptors (Lipinski definition) is 8. The summed E-state index contributed by atoms with van der Waals surface area (Å²) in [5.74, 6) is 0.479. The van der Waals surface area contributed by atoms with Gasteiger partial charge >= 0.3 is 0 Å². The van der Waals surface area contributed by atoms with E-state index >= 15 is 0 Å². The van der Waals surface area contributed by atoms with Gasteiger partial charge in [-0.3, -0.25) is 0 Å². The molecule has 1 saturated carbocycles. The van der Waals surface area contributed by atoms with Crippen molar-refractivity contribution in [2.24, 2.45) is 0 Å². The zero-order valence-electron chi connectivity index (χ0n) is 21.1. The second kappa shape index (κ2) is 10.6. The molecule has 196 valence electrons. The van der Waals surface area contributed by atoms with Crippen molar-refractivity contribution in [3.05, 3.63) is 60.0 Å². The predicted molar refractivity (Wildman–Crippen MR) is 149 cm³/mol. The van der Waals surface area contributed by atoms with Crippen molar-refractivity contribution in [2.75, 3.05) is 31.4 Å². The molecule has 0 spiro atoms. The number of fused-ring (bicyclic) bond motifs is 2. The molecule has 2 aromatic carbocycles. The van der Waals surface area contributed by atoms with Crippen LogP contribution in [0, 0.1) is 0 Å². The summed E-state index contributed by atoms with van der Waals surface area (Å²) >= 11 is 6.07. The van der Waals surface area contributed by atoms with Crippen LogP contribution < -0.4 is 11.1 Å². The van der Waals surface area contributed by atoms with E-state index in [0.29, 0.717) is 47.2 Å².